The Morgan fingerprint density at radius 1 is 0.944 bits per heavy atom. The van der Waals surface area contributed by atoms with Crippen molar-refractivity contribution >= 4 is 0 Å². The fourth-order valence-electron chi connectivity index (χ4n) is 1.39. The van der Waals surface area contributed by atoms with Crippen LogP contribution in [0.15, 0.2) is 18.2 Å². The van der Waals surface area contributed by atoms with Gasteiger partial charge in [0.1, 0.15) is 5.75 Å². The Balaban J connectivity index is 2.95. The Bertz CT molecular complexity index is 406. The number of benzene rings is 1. The molecule has 7 heteroatoms. The number of alkyl halides is 6. The monoisotopic (exact) mass is 272 g/mol. The zero-order valence-corrected chi connectivity index (χ0v) is 9.49. The molecule has 0 aliphatic rings. The van der Waals surface area contributed by atoms with Gasteiger partial charge in [-0.2, -0.15) is 22.0 Å². The van der Waals surface area contributed by atoms with Gasteiger partial charge in [0.05, 0.1) is 0 Å². The van der Waals surface area contributed by atoms with Crippen molar-refractivity contribution in [2.24, 2.45) is 0 Å². The molecule has 1 aromatic carbocycles. The maximum Gasteiger partial charge on any atom is 0.439 e. The van der Waals surface area contributed by atoms with Crippen molar-refractivity contribution in [3.05, 3.63) is 29.3 Å². The lowest BCUT2D eigenvalue weighted by Gasteiger charge is -2.23. The van der Waals surface area contributed by atoms with Gasteiger partial charge in [0, 0.05) is 0 Å². The predicted octanol–water partition coefficient (Wildman–Crippen LogP) is 4.18. The number of rotatable bonds is 3. The molecule has 0 N–H and O–H groups in total. The first kappa shape index (κ1) is 14.7. The summed E-state index contributed by atoms with van der Waals surface area (Å²) in [7, 11) is 0. The topological polar surface area (TPSA) is 9.23 Å². The first-order chi connectivity index (χ1) is 8.02. The molecule has 0 bridgehead atoms. The van der Waals surface area contributed by atoms with Gasteiger partial charge in [-0.05, 0) is 37.1 Å². The SMILES string of the molecule is Cc1cc(C)cc(OC(F)(F)C(F)C(F)(F)F)c1. The van der Waals surface area contributed by atoms with Crippen molar-refractivity contribution in [2.45, 2.75) is 32.3 Å². The molecule has 102 valence electrons. The maximum atomic E-state index is 12.9. The average Bonchev–Trinajstić information content (AvgIpc) is 2.12. The van der Waals surface area contributed by atoms with Gasteiger partial charge in [-0.1, -0.05) is 6.07 Å². The van der Waals surface area contributed by atoms with Gasteiger partial charge in [0.2, 0.25) is 0 Å². The molecule has 1 atom stereocenters. The van der Waals surface area contributed by atoms with Crippen molar-refractivity contribution < 1.29 is 31.1 Å². The number of halogens is 6. The van der Waals surface area contributed by atoms with E-state index in [-0.39, 0.29) is 0 Å². The fourth-order valence-corrected chi connectivity index (χ4v) is 1.39. The highest BCUT2D eigenvalue weighted by Crippen LogP contribution is 2.36. The summed E-state index contributed by atoms with van der Waals surface area (Å²) in [4.78, 5) is 0. The Hall–Kier alpha value is -1.40. The largest absolute Gasteiger partial charge is 0.439 e. The van der Waals surface area contributed by atoms with Crippen LogP contribution in [-0.2, 0) is 0 Å². The first-order valence-electron chi connectivity index (χ1n) is 4.88. The number of hydrogen-bond donors (Lipinski definition) is 0. The third-order valence-electron chi connectivity index (χ3n) is 2.03. The van der Waals surface area contributed by atoms with Crippen molar-refractivity contribution in [3.8, 4) is 5.75 Å². The Labute approximate surface area is 99.4 Å². The molecule has 0 aromatic heterocycles. The van der Waals surface area contributed by atoms with Crippen LogP contribution >= 0.6 is 0 Å². The molecule has 0 radical (unpaired) electrons. The summed E-state index contributed by atoms with van der Waals surface area (Å²) in [6.45, 7) is 3.10. The van der Waals surface area contributed by atoms with E-state index in [4.69, 9.17) is 0 Å². The summed E-state index contributed by atoms with van der Waals surface area (Å²) >= 11 is 0. The van der Waals surface area contributed by atoms with E-state index in [0.717, 1.165) is 12.1 Å². The van der Waals surface area contributed by atoms with E-state index < -0.39 is 24.2 Å². The highest BCUT2D eigenvalue weighted by Gasteiger charge is 2.59. The summed E-state index contributed by atoms with van der Waals surface area (Å²) in [5, 5.41) is 0. The van der Waals surface area contributed by atoms with Crippen LogP contribution in [0.3, 0.4) is 0 Å². The lowest BCUT2D eigenvalue weighted by molar-refractivity contribution is -0.304. The highest BCUT2D eigenvalue weighted by molar-refractivity contribution is 5.33. The summed E-state index contributed by atoms with van der Waals surface area (Å²) in [5.41, 5.74) is 1.03. The molecule has 1 unspecified atom stereocenters. The van der Waals surface area contributed by atoms with Crippen LogP contribution in [0.2, 0.25) is 0 Å². The van der Waals surface area contributed by atoms with Crippen LogP contribution in [0.5, 0.6) is 5.75 Å². The van der Waals surface area contributed by atoms with Gasteiger partial charge in [-0.3, -0.25) is 0 Å². The van der Waals surface area contributed by atoms with E-state index in [0.29, 0.717) is 11.1 Å². The van der Waals surface area contributed by atoms with Crippen LogP contribution in [0.4, 0.5) is 26.3 Å². The molecule has 0 saturated heterocycles. The molecule has 0 amide bonds. The van der Waals surface area contributed by atoms with Gasteiger partial charge in [0.15, 0.2) is 0 Å². The number of aryl methyl sites for hydroxylation is 2. The van der Waals surface area contributed by atoms with Crippen LogP contribution in [-0.4, -0.2) is 18.5 Å². The summed E-state index contributed by atoms with van der Waals surface area (Å²) in [6, 6.07) is 3.82. The molecule has 1 aromatic rings. The van der Waals surface area contributed by atoms with Crippen molar-refractivity contribution in [3.63, 3.8) is 0 Å². The third kappa shape index (κ3) is 3.54. The molecule has 1 nitrogen and oxygen atoms in total. The van der Waals surface area contributed by atoms with Crippen LogP contribution in [0.1, 0.15) is 11.1 Å². The molecule has 0 aliphatic carbocycles. The molecule has 0 fully saturated rings. The molecule has 0 spiro atoms. The average molecular weight is 272 g/mol. The fraction of sp³-hybridized carbons (Fsp3) is 0.455. The van der Waals surface area contributed by atoms with Gasteiger partial charge in [-0.25, -0.2) is 4.39 Å². The van der Waals surface area contributed by atoms with E-state index in [2.05, 4.69) is 4.74 Å². The zero-order chi connectivity index (χ0) is 14.1. The quantitative estimate of drug-likeness (QED) is 0.750. The van der Waals surface area contributed by atoms with Crippen LogP contribution in [0, 0.1) is 13.8 Å². The van der Waals surface area contributed by atoms with Crippen molar-refractivity contribution in [1.82, 2.24) is 0 Å². The lowest BCUT2D eigenvalue weighted by atomic mass is 10.1. The lowest BCUT2D eigenvalue weighted by Crippen LogP contribution is -2.45. The normalized spacial score (nSPS) is 14.4. The predicted molar refractivity (Wildman–Crippen MR) is 52.4 cm³/mol. The van der Waals surface area contributed by atoms with E-state index >= 15 is 0 Å². The standard InChI is InChI=1S/C11H10F6O/c1-6-3-7(2)5-8(4-6)18-11(16,17)9(12)10(13,14)15/h3-5,9H,1-2H3. The molecule has 1 rings (SSSR count). The van der Waals surface area contributed by atoms with Crippen LogP contribution in [0.25, 0.3) is 0 Å². The number of ether oxygens (including phenoxy) is 1. The molecular formula is C11H10F6O. The minimum atomic E-state index is -5.68. The molecule has 18 heavy (non-hydrogen) atoms. The summed E-state index contributed by atoms with van der Waals surface area (Å²) < 4.78 is 77.9. The van der Waals surface area contributed by atoms with E-state index in [1.54, 1.807) is 19.9 Å². The summed E-state index contributed by atoms with van der Waals surface area (Å²) in [6.07, 6.45) is -15.0. The minimum absolute atomic E-state index is 0.510. The second-order valence-corrected chi connectivity index (χ2v) is 3.89. The molecule has 0 heterocycles. The van der Waals surface area contributed by atoms with E-state index in [9.17, 15) is 26.3 Å². The first-order valence-corrected chi connectivity index (χ1v) is 4.88. The minimum Gasteiger partial charge on any atom is -0.430 e. The highest BCUT2D eigenvalue weighted by atomic mass is 19.4. The van der Waals surface area contributed by atoms with E-state index in [1.807, 2.05) is 0 Å². The van der Waals surface area contributed by atoms with Crippen molar-refractivity contribution in [2.75, 3.05) is 0 Å². The van der Waals surface area contributed by atoms with E-state index in [1.165, 1.54) is 0 Å². The molecule has 0 aliphatic heterocycles. The van der Waals surface area contributed by atoms with Crippen molar-refractivity contribution in [1.29, 1.82) is 0 Å². The Morgan fingerprint density at radius 3 is 1.78 bits per heavy atom. The van der Waals surface area contributed by atoms with Gasteiger partial charge < -0.3 is 4.74 Å². The smallest absolute Gasteiger partial charge is 0.430 e. The Morgan fingerprint density at radius 2 is 1.39 bits per heavy atom. The zero-order valence-electron chi connectivity index (χ0n) is 9.49. The molecular weight excluding hydrogens is 262 g/mol. The van der Waals surface area contributed by atoms with Gasteiger partial charge in [0.25, 0.3) is 6.17 Å². The summed E-state index contributed by atoms with van der Waals surface area (Å²) in [5.74, 6) is -0.510. The third-order valence-corrected chi connectivity index (χ3v) is 2.03. The second kappa shape index (κ2) is 4.70. The number of hydrogen-bond acceptors (Lipinski definition) is 1. The maximum absolute atomic E-state index is 12.9. The molecule has 0 saturated carbocycles. The second-order valence-electron chi connectivity index (χ2n) is 3.89. The van der Waals surface area contributed by atoms with Gasteiger partial charge >= 0.3 is 12.3 Å². The Kier molecular flexibility index (Phi) is 3.83. The van der Waals surface area contributed by atoms with Crippen LogP contribution < -0.4 is 4.74 Å². The van der Waals surface area contributed by atoms with Gasteiger partial charge in [-0.15, -0.1) is 0 Å².